The van der Waals surface area contributed by atoms with Crippen LogP contribution in [0.25, 0.3) is 11.5 Å². The number of aromatic nitrogens is 2. The van der Waals surface area contributed by atoms with Crippen LogP contribution in [-0.2, 0) is 6.42 Å². The first-order valence-electron chi connectivity index (χ1n) is 4.82. The van der Waals surface area contributed by atoms with E-state index in [2.05, 4.69) is 22.4 Å². The molecule has 0 aliphatic rings. The van der Waals surface area contributed by atoms with Crippen LogP contribution in [0, 0.1) is 0 Å². The predicted molar refractivity (Wildman–Crippen MR) is 54.2 cm³/mol. The second kappa shape index (κ2) is 4.27. The summed E-state index contributed by atoms with van der Waals surface area (Å²) in [4.78, 5) is 4.26. The molecule has 0 spiro atoms. The molecule has 1 unspecified atom stereocenters. The molecule has 0 amide bonds. The first-order chi connectivity index (χ1) is 7.29. The van der Waals surface area contributed by atoms with Crippen LogP contribution >= 0.6 is 0 Å². The van der Waals surface area contributed by atoms with Crippen LogP contribution in [0.1, 0.15) is 12.7 Å². The monoisotopic (exact) mass is 207 g/mol. The number of likely N-dealkylation sites (N-methyl/N-ethyl adjacent to an activating group) is 1. The molecule has 2 aromatic heterocycles. The van der Waals surface area contributed by atoms with Gasteiger partial charge in [0.2, 0.25) is 0 Å². The van der Waals surface area contributed by atoms with Gasteiger partial charge in [-0.15, -0.1) is 0 Å². The molecule has 2 rings (SSSR count). The molecule has 1 N–H and O–H groups in total. The third-order valence-electron chi connectivity index (χ3n) is 2.22. The summed E-state index contributed by atoms with van der Waals surface area (Å²) >= 11 is 0. The predicted octanol–water partition coefficient (Wildman–Crippen LogP) is 1.48. The van der Waals surface area contributed by atoms with Crippen LogP contribution in [0.15, 0.2) is 27.5 Å². The van der Waals surface area contributed by atoms with Gasteiger partial charge in [0, 0.05) is 12.5 Å². The lowest BCUT2D eigenvalue weighted by atomic mass is 10.2. The summed E-state index contributed by atoms with van der Waals surface area (Å²) in [6.45, 7) is 2.06. The van der Waals surface area contributed by atoms with E-state index in [9.17, 15) is 0 Å². The molecule has 0 saturated carbocycles. The Morgan fingerprint density at radius 1 is 1.53 bits per heavy atom. The van der Waals surface area contributed by atoms with Crippen molar-refractivity contribution >= 4 is 0 Å². The van der Waals surface area contributed by atoms with Crippen LogP contribution in [0.2, 0.25) is 0 Å². The highest BCUT2D eigenvalue weighted by Gasteiger charge is 2.11. The normalized spacial score (nSPS) is 12.9. The topological polar surface area (TPSA) is 64.1 Å². The van der Waals surface area contributed by atoms with Crippen molar-refractivity contribution in [1.29, 1.82) is 0 Å². The molecule has 0 aliphatic heterocycles. The third kappa shape index (κ3) is 2.24. The fourth-order valence-corrected chi connectivity index (χ4v) is 1.22. The maximum Gasteiger partial charge on any atom is 0.261 e. The molecule has 2 aromatic rings. The lowest BCUT2D eigenvalue weighted by molar-refractivity contribution is 0.417. The Morgan fingerprint density at radius 3 is 3.07 bits per heavy atom. The molecule has 15 heavy (non-hydrogen) atoms. The molecule has 2 heterocycles. The Balaban J connectivity index is 2.11. The smallest absolute Gasteiger partial charge is 0.261 e. The summed E-state index contributed by atoms with van der Waals surface area (Å²) in [7, 11) is 1.90. The minimum Gasteiger partial charge on any atom is -0.472 e. The zero-order valence-electron chi connectivity index (χ0n) is 8.73. The van der Waals surface area contributed by atoms with E-state index in [1.54, 1.807) is 18.6 Å². The highest BCUT2D eigenvalue weighted by Crippen LogP contribution is 2.17. The summed E-state index contributed by atoms with van der Waals surface area (Å²) in [5, 5.41) is 7.01. The molecule has 0 fully saturated rings. The number of hydrogen-bond donors (Lipinski definition) is 1. The van der Waals surface area contributed by atoms with Crippen molar-refractivity contribution < 1.29 is 8.94 Å². The van der Waals surface area contributed by atoms with Crippen molar-refractivity contribution in [3.05, 3.63) is 24.4 Å². The number of hydrogen-bond acceptors (Lipinski definition) is 5. The van der Waals surface area contributed by atoms with Gasteiger partial charge < -0.3 is 14.3 Å². The molecule has 5 nitrogen and oxygen atoms in total. The van der Waals surface area contributed by atoms with E-state index < -0.39 is 0 Å². The molecule has 0 saturated heterocycles. The molecular formula is C10H13N3O2. The molecule has 0 bridgehead atoms. The van der Waals surface area contributed by atoms with Crippen molar-refractivity contribution in [3.63, 3.8) is 0 Å². The Kier molecular flexibility index (Phi) is 2.82. The summed E-state index contributed by atoms with van der Waals surface area (Å²) in [5.74, 6) is 1.20. The highest BCUT2D eigenvalue weighted by atomic mass is 16.5. The van der Waals surface area contributed by atoms with Crippen LogP contribution in [-0.4, -0.2) is 23.2 Å². The fraction of sp³-hybridized carbons (Fsp3) is 0.400. The first-order valence-corrected chi connectivity index (χ1v) is 4.82. The number of nitrogens with one attached hydrogen (secondary N) is 1. The maximum atomic E-state index is 5.11. The maximum absolute atomic E-state index is 5.11. The zero-order valence-corrected chi connectivity index (χ0v) is 8.73. The van der Waals surface area contributed by atoms with Crippen LogP contribution in [0.5, 0.6) is 0 Å². The molecule has 0 aliphatic carbocycles. The van der Waals surface area contributed by atoms with Crippen LogP contribution < -0.4 is 5.32 Å². The largest absolute Gasteiger partial charge is 0.472 e. The van der Waals surface area contributed by atoms with Gasteiger partial charge in [0.25, 0.3) is 5.89 Å². The standard InChI is InChI=1S/C10H13N3O2/c1-7(11-2)5-9-12-10(15-13-9)8-3-4-14-6-8/h3-4,6-7,11H,5H2,1-2H3. The number of furan rings is 1. The quantitative estimate of drug-likeness (QED) is 0.822. The van der Waals surface area contributed by atoms with Gasteiger partial charge in [-0.25, -0.2) is 0 Å². The third-order valence-corrected chi connectivity index (χ3v) is 2.22. The van der Waals surface area contributed by atoms with Gasteiger partial charge in [0.1, 0.15) is 6.26 Å². The second-order valence-electron chi connectivity index (χ2n) is 3.42. The van der Waals surface area contributed by atoms with E-state index in [-0.39, 0.29) is 0 Å². The van der Waals surface area contributed by atoms with Gasteiger partial charge in [-0.3, -0.25) is 0 Å². The van der Waals surface area contributed by atoms with E-state index in [0.29, 0.717) is 17.8 Å². The van der Waals surface area contributed by atoms with Gasteiger partial charge in [0.15, 0.2) is 5.82 Å². The number of nitrogens with zero attached hydrogens (tertiary/aromatic N) is 2. The minimum atomic E-state index is 0.333. The molecule has 80 valence electrons. The Bertz CT molecular complexity index is 408. The van der Waals surface area contributed by atoms with Crippen molar-refractivity contribution in [2.45, 2.75) is 19.4 Å². The molecule has 5 heteroatoms. The SMILES string of the molecule is CNC(C)Cc1noc(-c2ccoc2)n1. The first kappa shape index (κ1) is 9.92. The average molecular weight is 207 g/mol. The molecular weight excluding hydrogens is 194 g/mol. The van der Waals surface area contributed by atoms with Gasteiger partial charge in [-0.05, 0) is 20.0 Å². The Morgan fingerprint density at radius 2 is 2.40 bits per heavy atom. The molecule has 0 radical (unpaired) electrons. The highest BCUT2D eigenvalue weighted by molar-refractivity contribution is 5.49. The fourth-order valence-electron chi connectivity index (χ4n) is 1.22. The van der Waals surface area contributed by atoms with E-state index >= 15 is 0 Å². The lowest BCUT2D eigenvalue weighted by Gasteiger charge is -2.04. The van der Waals surface area contributed by atoms with Gasteiger partial charge in [-0.2, -0.15) is 4.98 Å². The van der Waals surface area contributed by atoms with E-state index in [1.807, 2.05) is 7.05 Å². The van der Waals surface area contributed by atoms with Crippen molar-refractivity contribution in [2.24, 2.45) is 0 Å². The number of rotatable bonds is 4. The Labute approximate surface area is 87.5 Å². The molecule has 0 aromatic carbocycles. The van der Waals surface area contributed by atoms with E-state index in [1.165, 1.54) is 0 Å². The summed E-state index contributed by atoms with van der Waals surface area (Å²) in [6, 6.07) is 2.12. The van der Waals surface area contributed by atoms with Crippen molar-refractivity contribution in [1.82, 2.24) is 15.5 Å². The lowest BCUT2D eigenvalue weighted by Crippen LogP contribution is -2.24. The average Bonchev–Trinajstić information content (AvgIpc) is 2.85. The summed E-state index contributed by atoms with van der Waals surface area (Å²) in [6.07, 6.45) is 3.91. The Hall–Kier alpha value is -1.62. The van der Waals surface area contributed by atoms with Crippen molar-refractivity contribution in [2.75, 3.05) is 7.05 Å². The van der Waals surface area contributed by atoms with Gasteiger partial charge >= 0.3 is 0 Å². The summed E-state index contributed by atoms with van der Waals surface area (Å²) in [5.41, 5.74) is 0.811. The zero-order chi connectivity index (χ0) is 10.7. The van der Waals surface area contributed by atoms with Crippen LogP contribution in [0.3, 0.4) is 0 Å². The van der Waals surface area contributed by atoms with E-state index in [4.69, 9.17) is 8.94 Å². The van der Waals surface area contributed by atoms with Gasteiger partial charge in [-0.1, -0.05) is 5.16 Å². The minimum absolute atomic E-state index is 0.333. The van der Waals surface area contributed by atoms with E-state index in [0.717, 1.165) is 12.0 Å². The van der Waals surface area contributed by atoms with Crippen molar-refractivity contribution in [3.8, 4) is 11.5 Å². The van der Waals surface area contributed by atoms with Gasteiger partial charge in [0.05, 0.1) is 11.8 Å². The van der Waals surface area contributed by atoms with Crippen LogP contribution in [0.4, 0.5) is 0 Å². The summed E-state index contributed by atoms with van der Waals surface area (Å²) < 4.78 is 10.0. The second-order valence-corrected chi connectivity index (χ2v) is 3.42. The molecule has 1 atom stereocenters.